The molecule has 0 saturated heterocycles. The van der Waals surface area contributed by atoms with Crippen molar-refractivity contribution in [2.45, 2.75) is 63.3 Å². The predicted molar refractivity (Wildman–Crippen MR) is 143 cm³/mol. The Hall–Kier alpha value is -3.59. The number of ether oxygens (including phenoxy) is 1. The highest BCUT2D eigenvalue weighted by Crippen LogP contribution is 2.57. The summed E-state index contributed by atoms with van der Waals surface area (Å²) in [6, 6.07) is 12.9. The quantitative estimate of drug-likeness (QED) is 0.258. The van der Waals surface area contributed by atoms with Crippen molar-refractivity contribution in [1.29, 1.82) is 0 Å². The molecular weight excluding hydrogens is 510 g/mol. The number of alkyl halides is 3. The minimum Gasteiger partial charge on any atom is -0.496 e. The van der Waals surface area contributed by atoms with Gasteiger partial charge in [-0.25, -0.2) is 9.07 Å². The molecule has 0 fully saturated rings. The largest absolute Gasteiger partial charge is 0.496 e. The molecule has 1 heterocycles. The van der Waals surface area contributed by atoms with Crippen molar-refractivity contribution in [2.24, 2.45) is 0 Å². The molecule has 0 saturated carbocycles. The summed E-state index contributed by atoms with van der Waals surface area (Å²) in [5.41, 5.74) is -0.416. The predicted octanol–water partition coefficient (Wildman–Crippen LogP) is 7.42. The van der Waals surface area contributed by atoms with E-state index in [1.54, 1.807) is 67.2 Å². The Kier molecular flexibility index (Phi) is 6.41. The summed E-state index contributed by atoms with van der Waals surface area (Å²) in [5.74, 6) is 0.280. The van der Waals surface area contributed by atoms with E-state index in [-0.39, 0.29) is 11.7 Å². The first-order valence-electron chi connectivity index (χ1n) is 12.8. The van der Waals surface area contributed by atoms with Crippen LogP contribution >= 0.6 is 0 Å². The van der Waals surface area contributed by atoms with Gasteiger partial charge in [-0.1, -0.05) is 39.8 Å². The SMILES string of the molecule is COc1c(C(C)C)ccc2c1C(C)(C)CC(O)(C(F)(F)F)C2Nc1ccc2c(cnn2-c2ccc(F)cc2)c1. The summed E-state index contributed by atoms with van der Waals surface area (Å²) < 4.78 is 64.6. The number of aliphatic hydroxyl groups is 1. The maximum absolute atomic E-state index is 14.6. The number of halogens is 4. The lowest BCUT2D eigenvalue weighted by Gasteiger charge is -2.49. The number of aromatic nitrogens is 2. The van der Waals surface area contributed by atoms with Crippen LogP contribution < -0.4 is 10.1 Å². The minimum atomic E-state index is -4.90. The van der Waals surface area contributed by atoms with Crippen LogP contribution in [-0.4, -0.2) is 33.8 Å². The number of benzene rings is 3. The van der Waals surface area contributed by atoms with Gasteiger partial charge in [-0.05, 0) is 71.3 Å². The second kappa shape index (κ2) is 9.26. The lowest BCUT2D eigenvalue weighted by atomic mass is 9.62. The molecule has 1 aliphatic carbocycles. The van der Waals surface area contributed by atoms with Gasteiger partial charge in [0.05, 0.1) is 30.6 Å². The number of rotatable bonds is 5. The van der Waals surface area contributed by atoms with Crippen LogP contribution in [0.15, 0.2) is 60.8 Å². The highest BCUT2D eigenvalue weighted by Gasteiger charge is 2.64. The van der Waals surface area contributed by atoms with E-state index >= 15 is 0 Å². The van der Waals surface area contributed by atoms with Gasteiger partial charge in [0.2, 0.25) is 0 Å². The fourth-order valence-electron chi connectivity index (χ4n) is 5.89. The molecule has 2 N–H and O–H groups in total. The number of methoxy groups -OCH3 is 1. The molecule has 0 aliphatic heterocycles. The second-order valence-corrected chi connectivity index (χ2v) is 11.2. The van der Waals surface area contributed by atoms with E-state index in [1.165, 1.54) is 19.2 Å². The Bertz CT molecular complexity index is 1530. The van der Waals surface area contributed by atoms with E-state index < -0.39 is 29.7 Å². The van der Waals surface area contributed by atoms with Gasteiger partial charge >= 0.3 is 6.18 Å². The molecule has 206 valence electrons. The van der Waals surface area contributed by atoms with Gasteiger partial charge in [-0.3, -0.25) is 0 Å². The molecule has 1 aromatic heterocycles. The first kappa shape index (κ1) is 27.0. The third-order valence-electron chi connectivity index (χ3n) is 7.66. The van der Waals surface area contributed by atoms with Crippen LogP contribution in [0.5, 0.6) is 5.75 Å². The first-order chi connectivity index (χ1) is 18.3. The van der Waals surface area contributed by atoms with E-state index in [1.807, 2.05) is 13.8 Å². The zero-order chi connectivity index (χ0) is 28.3. The number of nitrogens with zero attached hydrogens (tertiary/aromatic N) is 2. The number of nitrogens with one attached hydrogen (secondary N) is 1. The lowest BCUT2D eigenvalue weighted by molar-refractivity contribution is -0.275. The van der Waals surface area contributed by atoms with E-state index in [0.717, 1.165) is 5.56 Å². The molecule has 5 rings (SSSR count). The van der Waals surface area contributed by atoms with Crippen molar-refractivity contribution in [3.63, 3.8) is 0 Å². The Morgan fingerprint density at radius 2 is 1.77 bits per heavy atom. The van der Waals surface area contributed by atoms with Crippen molar-refractivity contribution < 1.29 is 27.4 Å². The van der Waals surface area contributed by atoms with Crippen LogP contribution in [0.1, 0.15) is 62.8 Å². The summed E-state index contributed by atoms with van der Waals surface area (Å²) in [4.78, 5) is 0. The van der Waals surface area contributed by atoms with Gasteiger partial charge < -0.3 is 15.2 Å². The molecule has 5 nitrogen and oxygen atoms in total. The standard InChI is InChI=1S/C30H31F4N3O2/c1-17(2)22-11-12-23-25(26(22)39-5)28(3,4)16-29(38,30(32,33)34)27(23)36-20-8-13-24-18(14-20)15-35-37(24)21-9-6-19(31)7-10-21/h6-15,17,27,36,38H,16H2,1-5H3. The molecule has 2 unspecified atom stereocenters. The molecule has 2 atom stereocenters. The molecule has 0 bridgehead atoms. The molecule has 0 spiro atoms. The van der Waals surface area contributed by atoms with Crippen molar-refractivity contribution in [1.82, 2.24) is 9.78 Å². The Labute approximate surface area is 224 Å². The molecule has 39 heavy (non-hydrogen) atoms. The van der Waals surface area contributed by atoms with E-state index in [0.29, 0.717) is 39.2 Å². The maximum Gasteiger partial charge on any atom is 0.419 e. The van der Waals surface area contributed by atoms with E-state index in [2.05, 4.69) is 10.4 Å². The summed E-state index contributed by atoms with van der Waals surface area (Å²) in [6.45, 7) is 7.43. The van der Waals surface area contributed by atoms with Crippen LogP contribution in [0.4, 0.5) is 23.2 Å². The first-order valence-corrected chi connectivity index (χ1v) is 12.8. The van der Waals surface area contributed by atoms with Crippen LogP contribution in [-0.2, 0) is 5.41 Å². The second-order valence-electron chi connectivity index (χ2n) is 11.2. The maximum atomic E-state index is 14.6. The molecular formula is C30H31F4N3O2. The summed E-state index contributed by atoms with van der Waals surface area (Å²) in [7, 11) is 1.53. The average Bonchev–Trinajstić information content (AvgIpc) is 3.28. The average molecular weight is 542 g/mol. The van der Waals surface area contributed by atoms with Crippen LogP contribution in [0.25, 0.3) is 16.6 Å². The monoisotopic (exact) mass is 541 g/mol. The van der Waals surface area contributed by atoms with Crippen molar-refractivity contribution in [2.75, 3.05) is 12.4 Å². The number of fused-ring (bicyclic) bond motifs is 2. The van der Waals surface area contributed by atoms with Crippen LogP contribution in [0.2, 0.25) is 0 Å². The van der Waals surface area contributed by atoms with Gasteiger partial charge in [-0.15, -0.1) is 0 Å². The van der Waals surface area contributed by atoms with E-state index in [9.17, 15) is 22.7 Å². The molecule has 0 amide bonds. The fourth-order valence-corrected chi connectivity index (χ4v) is 5.89. The Balaban J connectivity index is 1.63. The molecule has 4 aromatic rings. The normalized spacial score (nSPS) is 20.7. The number of anilines is 1. The smallest absolute Gasteiger partial charge is 0.419 e. The summed E-state index contributed by atoms with van der Waals surface area (Å²) in [6.07, 6.45) is -3.85. The zero-order valence-electron chi connectivity index (χ0n) is 22.4. The van der Waals surface area contributed by atoms with Crippen LogP contribution in [0.3, 0.4) is 0 Å². The number of hydrogen-bond donors (Lipinski definition) is 2. The molecule has 3 aromatic carbocycles. The molecule has 1 aliphatic rings. The number of hydrogen-bond acceptors (Lipinski definition) is 4. The molecule has 9 heteroatoms. The van der Waals surface area contributed by atoms with Gasteiger partial charge in [0.15, 0.2) is 5.60 Å². The minimum absolute atomic E-state index is 0.0935. The van der Waals surface area contributed by atoms with Crippen molar-refractivity contribution in [3.05, 3.63) is 83.3 Å². The molecule has 0 radical (unpaired) electrons. The van der Waals surface area contributed by atoms with E-state index in [4.69, 9.17) is 4.74 Å². The third-order valence-corrected chi connectivity index (χ3v) is 7.66. The van der Waals surface area contributed by atoms with Gasteiger partial charge in [0.1, 0.15) is 11.6 Å². The van der Waals surface area contributed by atoms with Crippen molar-refractivity contribution in [3.8, 4) is 11.4 Å². The topological polar surface area (TPSA) is 59.3 Å². The Morgan fingerprint density at radius 3 is 2.38 bits per heavy atom. The highest BCUT2D eigenvalue weighted by molar-refractivity contribution is 5.84. The van der Waals surface area contributed by atoms with Gasteiger partial charge in [0.25, 0.3) is 0 Å². The lowest BCUT2D eigenvalue weighted by Crippen LogP contribution is -2.58. The zero-order valence-corrected chi connectivity index (χ0v) is 22.4. The van der Waals surface area contributed by atoms with Gasteiger partial charge in [0, 0.05) is 16.6 Å². The highest BCUT2D eigenvalue weighted by atomic mass is 19.4. The summed E-state index contributed by atoms with van der Waals surface area (Å²) in [5, 5.41) is 19.4. The summed E-state index contributed by atoms with van der Waals surface area (Å²) >= 11 is 0. The van der Waals surface area contributed by atoms with Crippen molar-refractivity contribution >= 4 is 16.6 Å². The fraction of sp³-hybridized carbons (Fsp3) is 0.367. The Morgan fingerprint density at radius 1 is 1.08 bits per heavy atom. The third kappa shape index (κ3) is 4.42. The van der Waals surface area contributed by atoms with Crippen LogP contribution in [0, 0.1) is 5.82 Å². The van der Waals surface area contributed by atoms with Gasteiger partial charge in [-0.2, -0.15) is 18.3 Å².